The highest BCUT2D eigenvalue weighted by Gasteiger charge is 2.14. The Kier molecular flexibility index (Phi) is 2.65. The van der Waals surface area contributed by atoms with Crippen molar-refractivity contribution in [3.63, 3.8) is 0 Å². The summed E-state index contributed by atoms with van der Waals surface area (Å²) >= 11 is 5.90. The number of aliphatic hydroxyl groups is 1. The van der Waals surface area contributed by atoms with E-state index >= 15 is 0 Å². The Morgan fingerprint density at radius 1 is 1.60 bits per heavy atom. The average molecular weight is 226 g/mol. The van der Waals surface area contributed by atoms with Gasteiger partial charge in [-0.05, 0) is 19.1 Å². The molecule has 0 aliphatic rings. The molecule has 0 saturated heterocycles. The molecule has 3 N–H and O–H groups in total. The number of nitrogens with zero attached hydrogens (tertiary/aromatic N) is 2. The van der Waals surface area contributed by atoms with Crippen LogP contribution in [0.5, 0.6) is 0 Å². The van der Waals surface area contributed by atoms with Gasteiger partial charge in [-0.25, -0.2) is 4.98 Å². The number of aromatic nitrogens is 2. The van der Waals surface area contributed by atoms with Crippen LogP contribution in [-0.4, -0.2) is 21.1 Å². The monoisotopic (exact) mass is 225 g/mol. The van der Waals surface area contributed by atoms with Gasteiger partial charge in [0, 0.05) is 6.20 Å². The van der Waals surface area contributed by atoms with E-state index in [9.17, 15) is 0 Å². The summed E-state index contributed by atoms with van der Waals surface area (Å²) in [4.78, 5) is 4.34. The third-order valence-electron chi connectivity index (χ3n) is 2.35. The first-order chi connectivity index (χ1) is 7.13. The second-order valence-corrected chi connectivity index (χ2v) is 3.88. The minimum absolute atomic E-state index is 0.110. The van der Waals surface area contributed by atoms with Crippen LogP contribution in [0.3, 0.4) is 0 Å². The van der Waals surface area contributed by atoms with Crippen molar-refractivity contribution < 1.29 is 5.11 Å². The van der Waals surface area contributed by atoms with Gasteiger partial charge in [-0.2, -0.15) is 0 Å². The molecule has 80 valence electrons. The van der Waals surface area contributed by atoms with Gasteiger partial charge in [-0.3, -0.25) is 0 Å². The number of fused-ring (bicyclic) bond motifs is 1. The molecule has 0 radical (unpaired) electrons. The summed E-state index contributed by atoms with van der Waals surface area (Å²) < 4.78 is 1.82. The van der Waals surface area contributed by atoms with E-state index < -0.39 is 6.04 Å². The molecule has 0 fully saturated rings. The fraction of sp³-hybridized carbons (Fsp3) is 0.300. The minimum Gasteiger partial charge on any atom is -0.394 e. The molecule has 1 atom stereocenters. The van der Waals surface area contributed by atoms with Crippen molar-refractivity contribution in [1.29, 1.82) is 0 Å². The van der Waals surface area contributed by atoms with E-state index in [0.29, 0.717) is 5.02 Å². The third-order valence-corrected chi connectivity index (χ3v) is 2.57. The van der Waals surface area contributed by atoms with Gasteiger partial charge in [-0.15, -0.1) is 0 Å². The van der Waals surface area contributed by atoms with Crippen LogP contribution in [0, 0.1) is 6.92 Å². The molecular weight excluding hydrogens is 214 g/mol. The number of hydrogen-bond donors (Lipinski definition) is 2. The van der Waals surface area contributed by atoms with E-state index in [1.807, 2.05) is 17.4 Å². The predicted molar refractivity (Wildman–Crippen MR) is 59.0 cm³/mol. The number of aryl methyl sites for hydroxylation is 1. The number of halogens is 1. The maximum Gasteiger partial charge on any atom is 0.137 e. The number of pyridine rings is 1. The fourth-order valence-corrected chi connectivity index (χ4v) is 1.85. The topological polar surface area (TPSA) is 63.5 Å². The van der Waals surface area contributed by atoms with Crippen molar-refractivity contribution in [1.82, 2.24) is 9.38 Å². The van der Waals surface area contributed by atoms with Gasteiger partial charge in [0.05, 0.1) is 29.1 Å². The Hall–Kier alpha value is -1.10. The first kappa shape index (κ1) is 10.4. The van der Waals surface area contributed by atoms with E-state index in [-0.39, 0.29) is 6.61 Å². The van der Waals surface area contributed by atoms with Crippen LogP contribution in [0.1, 0.15) is 17.4 Å². The van der Waals surface area contributed by atoms with E-state index in [4.69, 9.17) is 22.4 Å². The number of aliphatic hydroxyl groups excluding tert-OH is 1. The van der Waals surface area contributed by atoms with Crippen LogP contribution in [0.4, 0.5) is 0 Å². The summed E-state index contributed by atoms with van der Waals surface area (Å²) in [5.41, 5.74) is 8.21. The number of rotatable bonds is 2. The maximum absolute atomic E-state index is 9.06. The molecule has 0 saturated carbocycles. The van der Waals surface area contributed by atoms with Gasteiger partial charge in [0.25, 0.3) is 0 Å². The van der Waals surface area contributed by atoms with Gasteiger partial charge >= 0.3 is 0 Å². The smallest absolute Gasteiger partial charge is 0.137 e. The molecule has 2 aromatic heterocycles. The Labute approximate surface area is 92.3 Å². The molecule has 15 heavy (non-hydrogen) atoms. The fourth-order valence-electron chi connectivity index (χ4n) is 1.69. The maximum atomic E-state index is 9.06. The summed E-state index contributed by atoms with van der Waals surface area (Å²) in [6.07, 6.45) is 1.75. The summed E-state index contributed by atoms with van der Waals surface area (Å²) in [6, 6.07) is 3.17. The molecule has 5 heteroatoms. The molecular formula is C10H12ClN3O. The lowest BCUT2D eigenvalue weighted by atomic mass is 10.2. The van der Waals surface area contributed by atoms with Crippen LogP contribution in [0.25, 0.3) is 5.65 Å². The quantitative estimate of drug-likeness (QED) is 0.810. The zero-order chi connectivity index (χ0) is 11.0. The summed E-state index contributed by atoms with van der Waals surface area (Å²) in [5.74, 6) is 0. The van der Waals surface area contributed by atoms with Gasteiger partial charge in [0.15, 0.2) is 0 Å². The van der Waals surface area contributed by atoms with Crippen molar-refractivity contribution in [2.45, 2.75) is 13.0 Å². The van der Waals surface area contributed by atoms with Crippen molar-refractivity contribution in [2.75, 3.05) is 6.61 Å². The zero-order valence-electron chi connectivity index (χ0n) is 8.31. The summed E-state index contributed by atoms with van der Waals surface area (Å²) in [7, 11) is 0. The van der Waals surface area contributed by atoms with Crippen LogP contribution in [0.15, 0.2) is 18.3 Å². The molecule has 4 nitrogen and oxygen atoms in total. The Morgan fingerprint density at radius 3 is 3.00 bits per heavy atom. The molecule has 0 aromatic carbocycles. The normalized spacial score (nSPS) is 13.3. The third kappa shape index (κ3) is 1.71. The van der Waals surface area contributed by atoms with Gasteiger partial charge in [0.2, 0.25) is 0 Å². The lowest BCUT2D eigenvalue weighted by Gasteiger charge is -2.09. The van der Waals surface area contributed by atoms with Crippen LogP contribution < -0.4 is 5.73 Å². The second-order valence-electron chi connectivity index (χ2n) is 3.45. The van der Waals surface area contributed by atoms with Crippen molar-refractivity contribution in [2.24, 2.45) is 5.73 Å². The van der Waals surface area contributed by atoms with Gasteiger partial charge in [-0.1, -0.05) is 11.6 Å². The van der Waals surface area contributed by atoms with Gasteiger partial charge < -0.3 is 15.2 Å². The van der Waals surface area contributed by atoms with Crippen molar-refractivity contribution in [3.8, 4) is 0 Å². The first-order valence-electron chi connectivity index (χ1n) is 4.64. The highest BCUT2D eigenvalue weighted by Crippen LogP contribution is 2.20. The van der Waals surface area contributed by atoms with Crippen LogP contribution in [0.2, 0.25) is 5.02 Å². The van der Waals surface area contributed by atoms with Crippen LogP contribution >= 0.6 is 11.6 Å². The van der Waals surface area contributed by atoms with Crippen LogP contribution in [-0.2, 0) is 0 Å². The number of nitrogens with two attached hydrogens (primary N) is 1. The molecule has 2 heterocycles. The van der Waals surface area contributed by atoms with E-state index in [1.54, 1.807) is 12.3 Å². The summed E-state index contributed by atoms with van der Waals surface area (Å²) in [6.45, 7) is 1.76. The highest BCUT2D eigenvalue weighted by atomic mass is 35.5. The zero-order valence-corrected chi connectivity index (χ0v) is 9.07. The summed E-state index contributed by atoms with van der Waals surface area (Å²) in [5, 5.41) is 9.68. The van der Waals surface area contributed by atoms with E-state index in [1.165, 1.54) is 0 Å². The lowest BCUT2D eigenvalue weighted by Crippen LogP contribution is -2.17. The number of hydrogen-bond acceptors (Lipinski definition) is 3. The van der Waals surface area contributed by atoms with E-state index in [0.717, 1.165) is 17.0 Å². The molecule has 1 unspecified atom stereocenters. The lowest BCUT2D eigenvalue weighted by molar-refractivity contribution is 0.265. The Morgan fingerprint density at radius 2 is 2.33 bits per heavy atom. The molecule has 2 aromatic rings. The molecule has 0 aliphatic carbocycles. The Balaban J connectivity index is 2.70. The van der Waals surface area contributed by atoms with Crippen molar-refractivity contribution >= 4 is 17.2 Å². The second kappa shape index (κ2) is 3.81. The molecule has 0 spiro atoms. The molecule has 2 rings (SSSR count). The van der Waals surface area contributed by atoms with E-state index in [2.05, 4.69) is 4.98 Å². The predicted octanol–water partition coefficient (Wildman–Crippen LogP) is 1.29. The van der Waals surface area contributed by atoms with Gasteiger partial charge in [0.1, 0.15) is 5.65 Å². The van der Waals surface area contributed by atoms with Crippen molar-refractivity contribution in [3.05, 3.63) is 34.7 Å². The first-order valence-corrected chi connectivity index (χ1v) is 5.02. The Bertz CT molecular complexity index is 495. The molecule has 0 amide bonds. The standard InChI is InChI=1S/C10H12ClN3O/c1-6-10(8(12)5-15)14-4-7(11)2-3-9(14)13-6/h2-4,8,15H,5,12H2,1H3. The molecule has 0 aliphatic heterocycles. The SMILES string of the molecule is Cc1nc2ccc(Cl)cn2c1C(N)CO. The average Bonchev–Trinajstić information content (AvgIpc) is 2.52. The highest BCUT2D eigenvalue weighted by molar-refractivity contribution is 6.30. The largest absolute Gasteiger partial charge is 0.394 e. The molecule has 0 bridgehead atoms. The number of imidazole rings is 1. The minimum atomic E-state index is -0.432.